The van der Waals surface area contributed by atoms with Crippen LogP contribution < -0.4 is 9.64 Å². The second-order valence-electron chi connectivity index (χ2n) is 7.39. The van der Waals surface area contributed by atoms with E-state index in [1.54, 1.807) is 18.4 Å². The van der Waals surface area contributed by atoms with Crippen molar-refractivity contribution in [1.29, 1.82) is 0 Å². The number of nitrogens with zero attached hydrogens (tertiary/aromatic N) is 2. The molecule has 1 aliphatic carbocycles. The van der Waals surface area contributed by atoms with Crippen molar-refractivity contribution in [3.05, 3.63) is 45.6 Å². The Morgan fingerprint density at radius 3 is 2.77 bits per heavy atom. The number of carbonyl (C=O) groups is 1. The summed E-state index contributed by atoms with van der Waals surface area (Å²) < 4.78 is 5.32. The number of piperazine rings is 1. The van der Waals surface area contributed by atoms with Crippen LogP contribution in [0.4, 0.5) is 5.69 Å². The first-order chi connectivity index (χ1) is 12.6. The van der Waals surface area contributed by atoms with Crippen LogP contribution in [0.3, 0.4) is 0 Å². The van der Waals surface area contributed by atoms with E-state index < -0.39 is 0 Å². The van der Waals surface area contributed by atoms with Gasteiger partial charge in [-0.2, -0.15) is 0 Å². The largest absolute Gasteiger partial charge is 0.497 e. The molecule has 1 aromatic heterocycles. The summed E-state index contributed by atoms with van der Waals surface area (Å²) in [4.78, 5) is 19.6. The Kier molecular flexibility index (Phi) is 4.90. The van der Waals surface area contributed by atoms with Crippen LogP contribution in [0.1, 0.15) is 33.5 Å². The molecule has 0 saturated carbocycles. The van der Waals surface area contributed by atoms with Gasteiger partial charge >= 0.3 is 0 Å². The molecule has 0 unspecified atom stereocenters. The summed E-state index contributed by atoms with van der Waals surface area (Å²) in [5.41, 5.74) is 2.57. The number of rotatable bonds is 3. The highest BCUT2D eigenvalue weighted by Gasteiger charge is 2.26. The van der Waals surface area contributed by atoms with Gasteiger partial charge in [0.25, 0.3) is 5.91 Å². The first kappa shape index (κ1) is 17.4. The zero-order valence-corrected chi connectivity index (χ0v) is 16.3. The number of ether oxygens (including phenoxy) is 1. The maximum absolute atomic E-state index is 12.9. The monoisotopic (exact) mass is 370 g/mol. The van der Waals surface area contributed by atoms with Gasteiger partial charge in [-0.25, -0.2) is 0 Å². The van der Waals surface area contributed by atoms with Gasteiger partial charge in [0, 0.05) is 42.8 Å². The van der Waals surface area contributed by atoms with Gasteiger partial charge in [0.05, 0.1) is 12.0 Å². The van der Waals surface area contributed by atoms with Gasteiger partial charge in [0.15, 0.2) is 0 Å². The minimum Gasteiger partial charge on any atom is -0.497 e. The van der Waals surface area contributed by atoms with Crippen LogP contribution in [0, 0.1) is 5.92 Å². The third-order valence-electron chi connectivity index (χ3n) is 5.53. The molecule has 1 aromatic carbocycles. The molecule has 2 aliphatic rings. The van der Waals surface area contributed by atoms with Crippen molar-refractivity contribution in [1.82, 2.24) is 4.90 Å². The summed E-state index contributed by atoms with van der Waals surface area (Å²) in [7, 11) is 1.69. The van der Waals surface area contributed by atoms with E-state index in [-0.39, 0.29) is 5.91 Å². The maximum atomic E-state index is 12.9. The fourth-order valence-electron chi connectivity index (χ4n) is 3.94. The number of anilines is 1. The van der Waals surface area contributed by atoms with E-state index in [1.807, 2.05) is 17.0 Å². The van der Waals surface area contributed by atoms with Crippen molar-refractivity contribution in [3.63, 3.8) is 0 Å². The number of fused-ring (bicyclic) bond motifs is 1. The smallest absolute Gasteiger partial charge is 0.264 e. The van der Waals surface area contributed by atoms with E-state index in [0.717, 1.165) is 61.3 Å². The van der Waals surface area contributed by atoms with Crippen LogP contribution in [-0.2, 0) is 12.8 Å². The molecule has 2 aromatic rings. The number of methoxy groups -OCH3 is 1. The van der Waals surface area contributed by atoms with Crippen molar-refractivity contribution in [2.24, 2.45) is 5.92 Å². The molecule has 1 aliphatic heterocycles. The fraction of sp³-hybridized carbons (Fsp3) is 0.476. The highest BCUT2D eigenvalue weighted by Crippen LogP contribution is 2.33. The molecule has 1 fully saturated rings. The number of aryl methyl sites for hydroxylation is 1. The minimum absolute atomic E-state index is 0.211. The maximum Gasteiger partial charge on any atom is 0.264 e. The van der Waals surface area contributed by atoms with E-state index in [1.165, 1.54) is 16.9 Å². The van der Waals surface area contributed by atoms with Crippen molar-refractivity contribution >= 4 is 22.9 Å². The highest BCUT2D eigenvalue weighted by atomic mass is 32.1. The van der Waals surface area contributed by atoms with E-state index in [0.29, 0.717) is 0 Å². The molecule has 4 nitrogen and oxygen atoms in total. The Morgan fingerprint density at radius 2 is 2.00 bits per heavy atom. The van der Waals surface area contributed by atoms with Crippen LogP contribution >= 0.6 is 11.3 Å². The standard InChI is InChI=1S/C21H26N2O2S/c1-15-6-7-19-16(12-15)13-20(26-19)21(24)23-10-8-22(9-11-23)17-4-3-5-18(14-17)25-2/h3-5,13-15H,6-12H2,1-2H3/t15-/m0/s1. The fourth-order valence-corrected chi connectivity index (χ4v) is 5.12. The van der Waals surface area contributed by atoms with Crippen LogP contribution in [-0.4, -0.2) is 44.1 Å². The van der Waals surface area contributed by atoms with Gasteiger partial charge in [0.2, 0.25) is 0 Å². The predicted octanol–water partition coefficient (Wildman–Crippen LogP) is 3.84. The molecule has 0 spiro atoms. The van der Waals surface area contributed by atoms with Gasteiger partial charge < -0.3 is 14.5 Å². The quantitative estimate of drug-likeness (QED) is 0.823. The number of thiophene rings is 1. The summed E-state index contributed by atoms with van der Waals surface area (Å²) in [6.45, 7) is 5.58. The van der Waals surface area contributed by atoms with Crippen LogP contribution in [0.5, 0.6) is 5.75 Å². The van der Waals surface area contributed by atoms with Crippen molar-refractivity contribution in [2.45, 2.75) is 26.2 Å². The van der Waals surface area contributed by atoms with Crippen molar-refractivity contribution in [3.8, 4) is 5.75 Å². The van der Waals surface area contributed by atoms with Crippen molar-refractivity contribution in [2.75, 3.05) is 38.2 Å². The lowest BCUT2D eigenvalue weighted by molar-refractivity contribution is 0.0751. The van der Waals surface area contributed by atoms with E-state index >= 15 is 0 Å². The molecule has 5 heteroatoms. The Balaban J connectivity index is 1.41. The molecule has 0 N–H and O–H groups in total. The Hall–Kier alpha value is -2.01. The number of amides is 1. The number of carbonyl (C=O) groups excluding carboxylic acids is 1. The minimum atomic E-state index is 0.211. The molecule has 2 heterocycles. The van der Waals surface area contributed by atoms with Crippen LogP contribution in [0.25, 0.3) is 0 Å². The van der Waals surface area contributed by atoms with Crippen LogP contribution in [0.15, 0.2) is 30.3 Å². The van der Waals surface area contributed by atoms with Gasteiger partial charge in [-0.3, -0.25) is 4.79 Å². The average Bonchev–Trinajstić information content (AvgIpc) is 3.10. The number of hydrogen-bond acceptors (Lipinski definition) is 4. The third kappa shape index (κ3) is 3.45. The lowest BCUT2D eigenvalue weighted by Gasteiger charge is -2.36. The van der Waals surface area contributed by atoms with E-state index in [4.69, 9.17) is 4.74 Å². The molecule has 1 amide bonds. The zero-order chi connectivity index (χ0) is 18.1. The second-order valence-corrected chi connectivity index (χ2v) is 8.52. The predicted molar refractivity (Wildman–Crippen MR) is 107 cm³/mol. The van der Waals surface area contributed by atoms with Gasteiger partial charge in [0.1, 0.15) is 5.75 Å². The number of benzene rings is 1. The van der Waals surface area contributed by atoms with Crippen molar-refractivity contribution < 1.29 is 9.53 Å². The zero-order valence-electron chi connectivity index (χ0n) is 15.5. The van der Waals surface area contributed by atoms with Gasteiger partial charge in [-0.15, -0.1) is 11.3 Å². The summed E-state index contributed by atoms with van der Waals surface area (Å²) in [6, 6.07) is 10.3. The lowest BCUT2D eigenvalue weighted by atomic mass is 9.90. The molecule has 4 rings (SSSR count). The molecular weight excluding hydrogens is 344 g/mol. The first-order valence-corrected chi connectivity index (χ1v) is 10.3. The topological polar surface area (TPSA) is 32.8 Å². The Morgan fingerprint density at radius 1 is 1.19 bits per heavy atom. The normalized spacial score (nSPS) is 20.0. The summed E-state index contributed by atoms with van der Waals surface area (Å²) in [6.07, 6.45) is 3.52. The number of hydrogen-bond donors (Lipinski definition) is 0. The third-order valence-corrected chi connectivity index (χ3v) is 6.75. The summed E-state index contributed by atoms with van der Waals surface area (Å²) >= 11 is 1.72. The first-order valence-electron chi connectivity index (χ1n) is 9.44. The van der Waals surface area contributed by atoms with E-state index in [2.05, 4.69) is 30.0 Å². The molecule has 0 bridgehead atoms. The molecular formula is C21H26N2O2S. The van der Waals surface area contributed by atoms with Crippen LogP contribution in [0.2, 0.25) is 0 Å². The molecule has 26 heavy (non-hydrogen) atoms. The SMILES string of the molecule is COc1cccc(N2CCN(C(=O)c3cc4c(s3)CC[C@H](C)C4)CC2)c1. The molecule has 1 saturated heterocycles. The molecule has 138 valence electrons. The highest BCUT2D eigenvalue weighted by molar-refractivity contribution is 7.14. The Bertz CT molecular complexity index is 793. The molecule has 1 atom stereocenters. The summed E-state index contributed by atoms with van der Waals surface area (Å²) in [5.74, 6) is 1.83. The lowest BCUT2D eigenvalue weighted by Crippen LogP contribution is -2.48. The van der Waals surface area contributed by atoms with Gasteiger partial charge in [-0.1, -0.05) is 13.0 Å². The Labute approximate surface area is 159 Å². The second kappa shape index (κ2) is 7.31. The van der Waals surface area contributed by atoms with E-state index in [9.17, 15) is 4.79 Å². The summed E-state index contributed by atoms with van der Waals surface area (Å²) in [5, 5.41) is 0. The van der Waals surface area contributed by atoms with Gasteiger partial charge in [-0.05, 0) is 48.9 Å². The molecule has 0 radical (unpaired) electrons. The average molecular weight is 371 g/mol.